The minimum atomic E-state index is -1.48. The molecule has 0 radical (unpaired) electrons. The first-order chi connectivity index (χ1) is 15.0. The number of amides is 2. The van der Waals surface area contributed by atoms with Crippen molar-refractivity contribution in [3.05, 3.63) is 65.7 Å². The molecule has 2 N–H and O–H groups in total. The smallest absolute Gasteiger partial charge is 0.323 e. The summed E-state index contributed by atoms with van der Waals surface area (Å²) in [5, 5.41) is 19.3. The van der Waals surface area contributed by atoms with E-state index >= 15 is 0 Å². The maximum Gasteiger partial charge on any atom is 0.323 e. The van der Waals surface area contributed by atoms with Crippen LogP contribution < -0.4 is 15.6 Å². The molecule has 0 spiro atoms. The maximum absolute atomic E-state index is 12.7. The van der Waals surface area contributed by atoms with Crippen LogP contribution in [0.3, 0.4) is 0 Å². The molecule has 0 aromatic heterocycles. The molecule has 0 aliphatic carbocycles. The molecule has 0 aliphatic rings. The molecule has 0 saturated carbocycles. The summed E-state index contributed by atoms with van der Waals surface area (Å²) in [5.74, 6) is -5.89. The quantitative estimate of drug-likeness (QED) is 0.513. The summed E-state index contributed by atoms with van der Waals surface area (Å²) in [6.07, 6.45) is 0. The molecule has 0 fully saturated rings. The number of carbonyl (C=O) groups is 3. The van der Waals surface area contributed by atoms with Gasteiger partial charge in [0.1, 0.15) is 11.7 Å². The van der Waals surface area contributed by atoms with Crippen molar-refractivity contribution in [2.24, 2.45) is 11.8 Å². The summed E-state index contributed by atoms with van der Waals surface area (Å²) in [6.45, 7) is 0. The number of ether oxygens (including phenoxy) is 2. The SMILES string of the molecule is COC(=O)C(C#N)C(c1ccc(OC)cc1)C(C#N)C(=O)NNC(=O)c1ccccc1. The minimum Gasteiger partial charge on any atom is -0.497 e. The number of nitriles is 2. The third-order valence-electron chi connectivity index (χ3n) is 4.57. The highest BCUT2D eigenvalue weighted by molar-refractivity contribution is 5.96. The third kappa shape index (κ3) is 5.58. The number of carbonyl (C=O) groups excluding carboxylic acids is 3. The van der Waals surface area contributed by atoms with Gasteiger partial charge in [0.25, 0.3) is 11.8 Å². The number of methoxy groups -OCH3 is 2. The average Bonchev–Trinajstić information content (AvgIpc) is 2.82. The van der Waals surface area contributed by atoms with E-state index < -0.39 is 35.5 Å². The van der Waals surface area contributed by atoms with Crippen LogP contribution in [-0.2, 0) is 14.3 Å². The number of nitrogens with one attached hydrogen (secondary N) is 2. The number of benzene rings is 2. The van der Waals surface area contributed by atoms with Crippen molar-refractivity contribution >= 4 is 17.8 Å². The van der Waals surface area contributed by atoms with E-state index in [2.05, 4.69) is 15.6 Å². The zero-order chi connectivity index (χ0) is 22.8. The van der Waals surface area contributed by atoms with Gasteiger partial charge in [-0.3, -0.25) is 25.2 Å². The van der Waals surface area contributed by atoms with Gasteiger partial charge in [-0.25, -0.2) is 0 Å². The molecular formula is C22H20N4O5. The monoisotopic (exact) mass is 420 g/mol. The minimum absolute atomic E-state index is 0.299. The van der Waals surface area contributed by atoms with Crippen molar-refractivity contribution in [1.82, 2.24) is 10.9 Å². The first-order valence-electron chi connectivity index (χ1n) is 9.13. The van der Waals surface area contributed by atoms with Crippen molar-refractivity contribution < 1.29 is 23.9 Å². The molecule has 0 saturated heterocycles. The Kier molecular flexibility index (Phi) is 8.12. The van der Waals surface area contributed by atoms with Crippen molar-refractivity contribution in [2.45, 2.75) is 5.92 Å². The van der Waals surface area contributed by atoms with Gasteiger partial charge in [0.05, 0.1) is 26.4 Å². The second kappa shape index (κ2) is 11.0. The molecule has 9 nitrogen and oxygen atoms in total. The summed E-state index contributed by atoms with van der Waals surface area (Å²) >= 11 is 0. The summed E-state index contributed by atoms with van der Waals surface area (Å²) < 4.78 is 9.78. The van der Waals surface area contributed by atoms with Crippen LogP contribution in [0.2, 0.25) is 0 Å². The normalized spacial score (nSPS) is 12.8. The molecule has 31 heavy (non-hydrogen) atoms. The fourth-order valence-electron chi connectivity index (χ4n) is 2.97. The van der Waals surface area contributed by atoms with E-state index in [4.69, 9.17) is 4.74 Å². The molecule has 9 heteroatoms. The Labute approximate surface area is 179 Å². The van der Waals surface area contributed by atoms with Gasteiger partial charge in [-0.1, -0.05) is 30.3 Å². The Hall–Kier alpha value is -4.37. The van der Waals surface area contributed by atoms with E-state index in [1.807, 2.05) is 12.1 Å². The Bertz CT molecular complexity index is 1010. The molecule has 2 aromatic carbocycles. The van der Waals surface area contributed by atoms with Crippen LogP contribution in [0.1, 0.15) is 21.8 Å². The predicted octanol–water partition coefficient (Wildman–Crippen LogP) is 1.69. The van der Waals surface area contributed by atoms with E-state index in [0.29, 0.717) is 16.9 Å². The lowest BCUT2D eigenvalue weighted by Crippen LogP contribution is -2.46. The number of nitrogens with zero attached hydrogens (tertiary/aromatic N) is 2. The first-order valence-corrected chi connectivity index (χ1v) is 9.13. The van der Waals surface area contributed by atoms with Gasteiger partial charge < -0.3 is 9.47 Å². The fourth-order valence-corrected chi connectivity index (χ4v) is 2.97. The van der Waals surface area contributed by atoms with Gasteiger partial charge in [0, 0.05) is 11.5 Å². The fraction of sp³-hybridized carbons (Fsp3) is 0.227. The molecular weight excluding hydrogens is 400 g/mol. The Morgan fingerprint density at radius 2 is 1.48 bits per heavy atom. The standard InChI is InChI=1S/C22H20N4O5/c1-30-16-10-8-14(9-11-16)19(18(13-24)22(29)31-2)17(12-23)21(28)26-25-20(27)15-6-4-3-5-7-15/h3-11,17-19H,1-2H3,(H,25,27)(H,26,28). The molecule has 2 aromatic rings. The van der Waals surface area contributed by atoms with E-state index in [-0.39, 0.29) is 0 Å². The van der Waals surface area contributed by atoms with Crippen LogP contribution in [0, 0.1) is 34.5 Å². The number of hydrazine groups is 1. The number of hydrogen-bond acceptors (Lipinski definition) is 7. The highest BCUT2D eigenvalue weighted by Crippen LogP contribution is 2.34. The summed E-state index contributed by atoms with van der Waals surface area (Å²) in [6, 6.07) is 18.1. The highest BCUT2D eigenvalue weighted by Gasteiger charge is 2.40. The zero-order valence-corrected chi connectivity index (χ0v) is 16.9. The average molecular weight is 420 g/mol. The van der Waals surface area contributed by atoms with E-state index in [1.54, 1.807) is 54.6 Å². The molecule has 3 unspecified atom stereocenters. The first kappa shape index (κ1) is 22.9. The highest BCUT2D eigenvalue weighted by atomic mass is 16.5. The topological polar surface area (TPSA) is 141 Å². The van der Waals surface area contributed by atoms with Crippen LogP contribution in [0.4, 0.5) is 0 Å². The van der Waals surface area contributed by atoms with Crippen molar-refractivity contribution in [3.63, 3.8) is 0 Å². The third-order valence-corrected chi connectivity index (χ3v) is 4.57. The summed E-state index contributed by atoms with van der Waals surface area (Å²) in [4.78, 5) is 37.1. The van der Waals surface area contributed by atoms with Crippen molar-refractivity contribution in [3.8, 4) is 17.9 Å². The summed E-state index contributed by atoms with van der Waals surface area (Å²) in [5.41, 5.74) is 5.10. The van der Waals surface area contributed by atoms with Crippen LogP contribution in [0.5, 0.6) is 5.75 Å². The number of hydrogen-bond donors (Lipinski definition) is 2. The molecule has 2 rings (SSSR count). The van der Waals surface area contributed by atoms with Gasteiger partial charge in [-0.05, 0) is 29.8 Å². The number of rotatable bonds is 7. The second-order valence-electron chi connectivity index (χ2n) is 6.35. The van der Waals surface area contributed by atoms with Gasteiger partial charge >= 0.3 is 5.97 Å². The maximum atomic E-state index is 12.7. The lowest BCUT2D eigenvalue weighted by Gasteiger charge is -2.25. The van der Waals surface area contributed by atoms with E-state index in [0.717, 1.165) is 7.11 Å². The van der Waals surface area contributed by atoms with Crippen LogP contribution in [0.15, 0.2) is 54.6 Å². The lowest BCUT2D eigenvalue weighted by atomic mass is 9.77. The van der Waals surface area contributed by atoms with Crippen LogP contribution >= 0.6 is 0 Å². The molecule has 3 atom stereocenters. The van der Waals surface area contributed by atoms with Crippen molar-refractivity contribution in [1.29, 1.82) is 10.5 Å². The Morgan fingerprint density at radius 1 is 0.871 bits per heavy atom. The largest absolute Gasteiger partial charge is 0.497 e. The molecule has 158 valence electrons. The molecule has 0 aliphatic heterocycles. The van der Waals surface area contributed by atoms with Gasteiger partial charge in [0.2, 0.25) is 0 Å². The summed E-state index contributed by atoms with van der Waals surface area (Å²) in [7, 11) is 2.58. The predicted molar refractivity (Wildman–Crippen MR) is 108 cm³/mol. The van der Waals surface area contributed by atoms with E-state index in [9.17, 15) is 24.9 Å². The van der Waals surface area contributed by atoms with Gasteiger partial charge in [-0.15, -0.1) is 0 Å². The Morgan fingerprint density at radius 3 is 2.00 bits per heavy atom. The van der Waals surface area contributed by atoms with Crippen molar-refractivity contribution in [2.75, 3.05) is 14.2 Å². The van der Waals surface area contributed by atoms with Gasteiger partial charge in [0.15, 0.2) is 5.92 Å². The Balaban J connectivity index is 2.31. The molecule has 0 bridgehead atoms. The molecule has 0 heterocycles. The number of esters is 1. The molecule has 2 amide bonds. The van der Waals surface area contributed by atoms with Gasteiger partial charge in [-0.2, -0.15) is 10.5 Å². The van der Waals surface area contributed by atoms with E-state index in [1.165, 1.54) is 7.11 Å². The zero-order valence-electron chi connectivity index (χ0n) is 16.9. The van der Waals surface area contributed by atoms with Crippen LogP contribution in [0.25, 0.3) is 0 Å². The van der Waals surface area contributed by atoms with Crippen LogP contribution in [-0.4, -0.2) is 32.0 Å². The second-order valence-corrected chi connectivity index (χ2v) is 6.35. The lowest BCUT2D eigenvalue weighted by molar-refractivity contribution is -0.144.